The Labute approximate surface area is 68.9 Å². The van der Waals surface area contributed by atoms with Crippen LogP contribution in [0, 0.1) is 5.41 Å². The molecule has 0 aliphatic heterocycles. The van der Waals surface area contributed by atoms with E-state index in [0.29, 0.717) is 5.41 Å². The van der Waals surface area contributed by atoms with Crippen LogP contribution in [0.25, 0.3) is 0 Å². The third-order valence-electron chi connectivity index (χ3n) is 2.81. The fourth-order valence-corrected chi connectivity index (χ4v) is 1.05. The van der Waals surface area contributed by atoms with Gasteiger partial charge in [-0.1, -0.05) is 32.7 Å². The molecule has 0 aliphatic carbocycles. The second kappa shape index (κ2) is 3.14. The van der Waals surface area contributed by atoms with Crippen LogP contribution in [0.15, 0.2) is 0 Å². The highest BCUT2D eigenvalue weighted by Gasteiger charge is 2.34. The zero-order valence-corrected chi connectivity index (χ0v) is 8.51. The van der Waals surface area contributed by atoms with Crippen molar-refractivity contribution in [3.8, 4) is 0 Å². The van der Waals surface area contributed by atoms with Gasteiger partial charge in [-0.2, -0.15) is 0 Å². The minimum Gasteiger partial charge on any atom is -0.277 e. The average molecular weight is 161 g/mol. The van der Waals surface area contributed by atoms with Crippen molar-refractivity contribution < 1.29 is 0 Å². The van der Waals surface area contributed by atoms with Gasteiger partial charge >= 0.3 is 0 Å². The first-order valence-corrected chi connectivity index (χ1v) is 4.63. The summed E-state index contributed by atoms with van der Waals surface area (Å²) in [7, 11) is 0. The van der Waals surface area contributed by atoms with Crippen molar-refractivity contribution in [1.82, 2.24) is 0 Å². The lowest BCUT2D eigenvalue weighted by Crippen LogP contribution is -2.36. The van der Waals surface area contributed by atoms with Crippen molar-refractivity contribution in [2.45, 2.75) is 45.8 Å². The normalized spacial score (nSPS) is 13.8. The van der Waals surface area contributed by atoms with Crippen LogP contribution < -0.4 is 5.14 Å². The van der Waals surface area contributed by atoms with Crippen LogP contribution in [0.3, 0.4) is 0 Å². The summed E-state index contributed by atoms with van der Waals surface area (Å²) in [6.45, 7) is 11.1. The molecule has 0 amide bonds. The van der Waals surface area contributed by atoms with Gasteiger partial charge in [0.15, 0.2) is 0 Å². The Balaban J connectivity index is 4.28. The van der Waals surface area contributed by atoms with Crippen LogP contribution in [0.2, 0.25) is 0 Å². The Morgan fingerprint density at radius 1 is 1.20 bits per heavy atom. The van der Waals surface area contributed by atoms with Crippen LogP contribution in [0.4, 0.5) is 0 Å². The van der Waals surface area contributed by atoms with Gasteiger partial charge in [-0.15, -0.1) is 0 Å². The largest absolute Gasteiger partial charge is 0.277 e. The fraction of sp³-hybridized carbons (Fsp3) is 1.00. The zero-order valence-electron chi connectivity index (χ0n) is 7.69. The maximum absolute atomic E-state index is 5.58. The molecule has 0 fully saturated rings. The summed E-state index contributed by atoms with van der Waals surface area (Å²) in [6.07, 6.45) is 1.17. The summed E-state index contributed by atoms with van der Waals surface area (Å²) in [4.78, 5) is 0. The summed E-state index contributed by atoms with van der Waals surface area (Å²) >= 11 is 1.46. The van der Waals surface area contributed by atoms with E-state index in [2.05, 4.69) is 34.6 Å². The van der Waals surface area contributed by atoms with Gasteiger partial charge in [0.05, 0.1) is 0 Å². The second-order valence-electron chi connectivity index (χ2n) is 3.87. The van der Waals surface area contributed by atoms with Crippen molar-refractivity contribution >= 4 is 11.9 Å². The Bertz CT molecular complexity index is 93.8. The van der Waals surface area contributed by atoms with Gasteiger partial charge in [-0.25, -0.2) is 0 Å². The Hall–Kier alpha value is 0.310. The van der Waals surface area contributed by atoms with Crippen molar-refractivity contribution in [2.75, 3.05) is 0 Å². The molecule has 0 aliphatic rings. The number of rotatable bonds is 3. The highest BCUT2D eigenvalue weighted by Crippen LogP contribution is 2.41. The molecule has 0 heterocycles. The monoisotopic (exact) mass is 161 g/mol. The molecule has 62 valence electrons. The molecule has 0 aromatic carbocycles. The molecule has 0 saturated heterocycles. The smallest absolute Gasteiger partial charge is 0.0297 e. The summed E-state index contributed by atoms with van der Waals surface area (Å²) < 4.78 is 0.182. The van der Waals surface area contributed by atoms with Crippen molar-refractivity contribution in [3.05, 3.63) is 0 Å². The first-order chi connectivity index (χ1) is 4.37. The molecule has 0 aromatic heterocycles. The van der Waals surface area contributed by atoms with E-state index in [9.17, 15) is 0 Å². The Kier molecular flexibility index (Phi) is 3.24. The van der Waals surface area contributed by atoms with Gasteiger partial charge < -0.3 is 0 Å². The molecule has 0 aromatic rings. The number of hydrogen-bond acceptors (Lipinski definition) is 2. The molecule has 0 rings (SSSR count). The SMILES string of the molecule is CCC(C)(C)C(C)(C)SN. The summed E-state index contributed by atoms with van der Waals surface area (Å²) in [5.74, 6) is 0. The standard InChI is InChI=1S/C8H19NS/c1-6-7(2,3)8(4,5)10-9/h6,9H2,1-5H3. The van der Waals surface area contributed by atoms with E-state index < -0.39 is 0 Å². The first-order valence-electron chi connectivity index (χ1n) is 3.75. The summed E-state index contributed by atoms with van der Waals surface area (Å²) in [6, 6.07) is 0. The first kappa shape index (κ1) is 10.3. The predicted molar refractivity (Wildman–Crippen MR) is 49.9 cm³/mol. The molecule has 2 N–H and O–H groups in total. The van der Waals surface area contributed by atoms with E-state index in [-0.39, 0.29) is 4.75 Å². The lowest BCUT2D eigenvalue weighted by molar-refractivity contribution is 0.272. The van der Waals surface area contributed by atoms with E-state index in [0.717, 1.165) is 0 Å². The molecule has 10 heavy (non-hydrogen) atoms. The summed E-state index contributed by atoms with van der Waals surface area (Å²) in [5.41, 5.74) is 0.326. The Morgan fingerprint density at radius 2 is 1.60 bits per heavy atom. The van der Waals surface area contributed by atoms with Gasteiger partial charge in [0.2, 0.25) is 0 Å². The molecule has 0 radical (unpaired) electrons. The van der Waals surface area contributed by atoms with Crippen molar-refractivity contribution in [2.24, 2.45) is 10.6 Å². The topological polar surface area (TPSA) is 26.0 Å². The van der Waals surface area contributed by atoms with Crippen molar-refractivity contribution in [3.63, 3.8) is 0 Å². The van der Waals surface area contributed by atoms with Crippen molar-refractivity contribution in [1.29, 1.82) is 0 Å². The molecule has 0 bridgehead atoms. The predicted octanol–water partition coefficient (Wildman–Crippen LogP) is 2.81. The minimum absolute atomic E-state index is 0.182. The van der Waals surface area contributed by atoms with E-state index >= 15 is 0 Å². The van der Waals surface area contributed by atoms with Crippen LogP contribution in [-0.2, 0) is 0 Å². The van der Waals surface area contributed by atoms with E-state index in [4.69, 9.17) is 5.14 Å². The van der Waals surface area contributed by atoms with Crippen LogP contribution in [0.1, 0.15) is 41.0 Å². The number of hydrogen-bond donors (Lipinski definition) is 1. The van der Waals surface area contributed by atoms with Gasteiger partial charge in [-0.05, 0) is 25.7 Å². The molecular formula is C8H19NS. The Morgan fingerprint density at radius 3 is 1.70 bits per heavy atom. The van der Waals surface area contributed by atoms with E-state index in [1.54, 1.807) is 0 Å². The van der Waals surface area contributed by atoms with Crippen LogP contribution in [0.5, 0.6) is 0 Å². The second-order valence-corrected chi connectivity index (χ2v) is 5.12. The maximum Gasteiger partial charge on any atom is 0.0297 e. The minimum atomic E-state index is 0.182. The number of nitrogens with two attached hydrogens (primary N) is 1. The van der Waals surface area contributed by atoms with Gasteiger partial charge in [-0.3, -0.25) is 5.14 Å². The van der Waals surface area contributed by atoms with Gasteiger partial charge in [0, 0.05) is 4.75 Å². The molecule has 1 nitrogen and oxygen atoms in total. The maximum atomic E-state index is 5.58. The zero-order chi connectivity index (χ0) is 8.41. The molecule has 0 atom stereocenters. The summed E-state index contributed by atoms with van der Waals surface area (Å²) in [5, 5.41) is 5.58. The van der Waals surface area contributed by atoms with Crippen LogP contribution in [-0.4, -0.2) is 4.75 Å². The molecular weight excluding hydrogens is 142 g/mol. The van der Waals surface area contributed by atoms with E-state index in [1.807, 2.05) is 0 Å². The van der Waals surface area contributed by atoms with Gasteiger partial charge in [0.1, 0.15) is 0 Å². The molecule has 0 unspecified atom stereocenters. The third kappa shape index (κ3) is 1.89. The average Bonchev–Trinajstić information content (AvgIpc) is 1.88. The lowest BCUT2D eigenvalue weighted by Gasteiger charge is -2.39. The van der Waals surface area contributed by atoms with Gasteiger partial charge in [0.25, 0.3) is 0 Å². The lowest BCUT2D eigenvalue weighted by atomic mass is 9.78. The third-order valence-corrected chi connectivity index (χ3v) is 3.95. The molecule has 2 heteroatoms. The quantitative estimate of drug-likeness (QED) is 0.644. The molecule has 0 spiro atoms. The highest BCUT2D eigenvalue weighted by atomic mass is 32.2. The van der Waals surface area contributed by atoms with E-state index in [1.165, 1.54) is 18.4 Å². The molecule has 0 saturated carbocycles. The highest BCUT2D eigenvalue weighted by molar-refractivity contribution is 7.98. The van der Waals surface area contributed by atoms with Crippen LogP contribution >= 0.6 is 11.9 Å². The fourth-order valence-electron chi connectivity index (χ4n) is 0.585.